The van der Waals surface area contributed by atoms with Gasteiger partial charge in [0.2, 0.25) is 6.10 Å². The van der Waals surface area contributed by atoms with Crippen LogP contribution in [-0.2, 0) is 24.2 Å². The third kappa shape index (κ3) is 4.56. The van der Waals surface area contributed by atoms with E-state index in [1.165, 1.54) is 0 Å². The van der Waals surface area contributed by atoms with Crippen LogP contribution in [-0.4, -0.2) is 37.8 Å². The van der Waals surface area contributed by atoms with Gasteiger partial charge in [-0.3, -0.25) is 9.59 Å². The maximum Gasteiger partial charge on any atom is 0.307 e. The SMILES string of the molecule is O=C(C[C@@H]1CCS(=O)(=O)C1)O[C@@H](C(=O)NC1CC1)c1ccccc1. The molecule has 24 heavy (non-hydrogen) atoms. The summed E-state index contributed by atoms with van der Waals surface area (Å²) in [6.45, 7) is 0. The Hall–Kier alpha value is -1.89. The summed E-state index contributed by atoms with van der Waals surface area (Å²) in [4.78, 5) is 24.6. The number of amides is 1. The van der Waals surface area contributed by atoms with Gasteiger partial charge in [0.15, 0.2) is 9.84 Å². The smallest absolute Gasteiger partial charge is 0.307 e. The number of rotatable bonds is 6. The van der Waals surface area contributed by atoms with Gasteiger partial charge in [0.1, 0.15) is 0 Å². The standard InChI is InChI=1S/C17H21NO5S/c19-15(10-12-8-9-24(21,22)11-12)23-16(13-4-2-1-3-5-13)17(20)18-14-6-7-14/h1-5,12,14,16H,6-11H2,(H,18,20)/t12-,16+/m0/s1. The Morgan fingerprint density at radius 3 is 2.46 bits per heavy atom. The summed E-state index contributed by atoms with van der Waals surface area (Å²) in [5.74, 6) is -0.930. The van der Waals surface area contributed by atoms with Crippen LogP contribution < -0.4 is 5.32 Å². The van der Waals surface area contributed by atoms with Crippen molar-refractivity contribution in [3.05, 3.63) is 35.9 Å². The first-order valence-electron chi connectivity index (χ1n) is 8.18. The third-order valence-corrected chi connectivity index (χ3v) is 6.13. The molecule has 0 aromatic heterocycles. The average molecular weight is 351 g/mol. The molecule has 0 unspecified atom stereocenters. The van der Waals surface area contributed by atoms with E-state index in [4.69, 9.17) is 4.74 Å². The monoisotopic (exact) mass is 351 g/mol. The molecule has 1 amide bonds. The van der Waals surface area contributed by atoms with E-state index in [2.05, 4.69) is 5.32 Å². The Labute approximate surface area is 141 Å². The van der Waals surface area contributed by atoms with Gasteiger partial charge in [-0.25, -0.2) is 8.42 Å². The number of hydrogen-bond acceptors (Lipinski definition) is 5. The first-order chi connectivity index (χ1) is 11.4. The van der Waals surface area contributed by atoms with Crippen LogP contribution in [0.2, 0.25) is 0 Å². The molecule has 1 aromatic rings. The third-order valence-electron chi connectivity index (χ3n) is 4.30. The Balaban J connectivity index is 1.64. The van der Waals surface area contributed by atoms with Gasteiger partial charge in [-0.1, -0.05) is 30.3 Å². The zero-order valence-electron chi connectivity index (χ0n) is 13.3. The van der Waals surface area contributed by atoms with Crippen LogP contribution in [0.25, 0.3) is 0 Å². The molecule has 0 radical (unpaired) electrons. The summed E-state index contributed by atoms with van der Waals surface area (Å²) in [6, 6.07) is 9.04. The van der Waals surface area contributed by atoms with Gasteiger partial charge in [-0.05, 0) is 25.2 Å². The lowest BCUT2D eigenvalue weighted by atomic mass is 10.1. The molecule has 130 valence electrons. The summed E-state index contributed by atoms with van der Waals surface area (Å²) in [5.41, 5.74) is 0.614. The van der Waals surface area contributed by atoms with Crippen molar-refractivity contribution in [3.8, 4) is 0 Å². The summed E-state index contributed by atoms with van der Waals surface area (Å²) in [7, 11) is -3.03. The molecular formula is C17H21NO5S. The summed E-state index contributed by atoms with van der Waals surface area (Å²) in [5, 5.41) is 2.85. The highest BCUT2D eigenvalue weighted by Gasteiger charge is 2.33. The number of hydrogen-bond donors (Lipinski definition) is 1. The maximum atomic E-state index is 12.4. The average Bonchev–Trinajstić information content (AvgIpc) is 3.28. The van der Waals surface area contributed by atoms with Crippen molar-refractivity contribution < 1.29 is 22.7 Å². The lowest BCUT2D eigenvalue weighted by molar-refractivity contribution is -0.157. The molecule has 1 saturated heterocycles. The number of benzene rings is 1. The first-order valence-corrected chi connectivity index (χ1v) is 10.0. The van der Waals surface area contributed by atoms with E-state index in [-0.39, 0.29) is 35.8 Å². The molecular weight excluding hydrogens is 330 g/mol. The molecule has 2 aliphatic rings. The Bertz CT molecular complexity index is 712. The first kappa shape index (κ1) is 17.0. The van der Waals surface area contributed by atoms with E-state index in [0.29, 0.717) is 12.0 Å². The molecule has 1 saturated carbocycles. The van der Waals surface area contributed by atoms with Crippen LogP contribution in [0.5, 0.6) is 0 Å². The molecule has 6 nitrogen and oxygen atoms in total. The Morgan fingerprint density at radius 2 is 1.88 bits per heavy atom. The number of ether oxygens (including phenoxy) is 1. The molecule has 1 N–H and O–H groups in total. The van der Waals surface area contributed by atoms with Crippen LogP contribution in [0.4, 0.5) is 0 Å². The lowest BCUT2D eigenvalue weighted by Gasteiger charge is -2.19. The Morgan fingerprint density at radius 1 is 1.17 bits per heavy atom. The van der Waals surface area contributed by atoms with Gasteiger partial charge in [-0.2, -0.15) is 0 Å². The minimum atomic E-state index is -3.03. The second kappa shape index (κ2) is 6.93. The van der Waals surface area contributed by atoms with Gasteiger partial charge in [0.05, 0.1) is 11.5 Å². The van der Waals surface area contributed by atoms with Crippen molar-refractivity contribution in [1.82, 2.24) is 5.32 Å². The van der Waals surface area contributed by atoms with E-state index in [9.17, 15) is 18.0 Å². The zero-order chi connectivity index (χ0) is 17.2. The predicted molar refractivity (Wildman–Crippen MR) is 87.8 cm³/mol. The molecule has 2 fully saturated rings. The quantitative estimate of drug-likeness (QED) is 0.782. The number of carbonyl (C=O) groups is 2. The minimum absolute atomic E-state index is 0.0202. The van der Waals surface area contributed by atoms with Crippen LogP contribution >= 0.6 is 0 Å². The molecule has 1 aliphatic carbocycles. The topological polar surface area (TPSA) is 89.5 Å². The van der Waals surface area contributed by atoms with Crippen molar-refractivity contribution in [2.75, 3.05) is 11.5 Å². The van der Waals surface area contributed by atoms with Crippen LogP contribution in [0, 0.1) is 5.92 Å². The van der Waals surface area contributed by atoms with Crippen molar-refractivity contribution in [3.63, 3.8) is 0 Å². The van der Waals surface area contributed by atoms with Gasteiger partial charge >= 0.3 is 5.97 Å². The van der Waals surface area contributed by atoms with Crippen molar-refractivity contribution in [1.29, 1.82) is 0 Å². The molecule has 2 atom stereocenters. The van der Waals surface area contributed by atoms with Crippen molar-refractivity contribution in [2.24, 2.45) is 5.92 Å². The molecule has 3 rings (SSSR count). The van der Waals surface area contributed by atoms with Gasteiger partial charge < -0.3 is 10.1 Å². The summed E-state index contributed by atoms with van der Waals surface area (Å²) < 4.78 is 28.4. The van der Waals surface area contributed by atoms with E-state index in [1.807, 2.05) is 6.07 Å². The largest absolute Gasteiger partial charge is 0.447 e. The maximum absolute atomic E-state index is 12.4. The highest BCUT2D eigenvalue weighted by Crippen LogP contribution is 2.26. The highest BCUT2D eigenvalue weighted by molar-refractivity contribution is 7.91. The van der Waals surface area contributed by atoms with Gasteiger partial charge in [-0.15, -0.1) is 0 Å². The van der Waals surface area contributed by atoms with Gasteiger partial charge in [0, 0.05) is 18.0 Å². The lowest BCUT2D eigenvalue weighted by Crippen LogP contribution is -2.33. The summed E-state index contributed by atoms with van der Waals surface area (Å²) in [6.07, 6.45) is 1.40. The molecule has 7 heteroatoms. The Kier molecular flexibility index (Phi) is 4.89. The van der Waals surface area contributed by atoms with Gasteiger partial charge in [0.25, 0.3) is 5.91 Å². The minimum Gasteiger partial charge on any atom is -0.447 e. The fourth-order valence-corrected chi connectivity index (χ4v) is 4.72. The van der Waals surface area contributed by atoms with E-state index in [0.717, 1.165) is 12.8 Å². The van der Waals surface area contributed by atoms with Crippen LogP contribution in [0.3, 0.4) is 0 Å². The van der Waals surface area contributed by atoms with E-state index in [1.54, 1.807) is 24.3 Å². The molecule has 1 heterocycles. The number of sulfone groups is 1. The summed E-state index contributed by atoms with van der Waals surface area (Å²) >= 11 is 0. The molecule has 0 spiro atoms. The number of carbonyl (C=O) groups excluding carboxylic acids is 2. The van der Waals surface area contributed by atoms with Crippen LogP contribution in [0.1, 0.15) is 37.4 Å². The van der Waals surface area contributed by atoms with Crippen molar-refractivity contribution in [2.45, 2.75) is 37.8 Å². The number of esters is 1. The normalized spacial score (nSPS) is 23.4. The predicted octanol–water partition coefficient (Wildman–Crippen LogP) is 1.37. The fourth-order valence-electron chi connectivity index (χ4n) is 2.85. The van der Waals surface area contributed by atoms with Crippen molar-refractivity contribution >= 4 is 21.7 Å². The molecule has 1 aliphatic heterocycles. The zero-order valence-corrected chi connectivity index (χ0v) is 14.1. The van der Waals surface area contributed by atoms with E-state index >= 15 is 0 Å². The second-order valence-corrected chi connectivity index (χ2v) is 8.77. The second-order valence-electron chi connectivity index (χ2n) is 6.54. The molecule has 0 bridgehead atoms. The fraction of sp³-hybridized carbons (Fsp3) is 0.529. The molecule has 1 aromatic carbocycles. The van der Waals surface area contributed by atoms with Crippen LogP contribution in [0.15, 0.2) is 30.3 Å². The van der Waals surface area contributed by atoms with E-state index < -0.39 is 21.9 Å². The highest BCUT2D eigenvalue weighted by atomic mass is 32.2. The number of nitrogens with one attached hydrogen (secondary N) is 1.